The summed E-state index contributed by atoms with van der Waals surface area (Å²) in [6, 6.07) is 7.37. The summed E-state index contributed by atoms with van der Waals surface area (Å²) in [5.41, 5.74) is 12.4. The number of phenolic OH excluding ortho intramolecular Hbond substituents is 1. The molecule has 0 bridgehead atoms. The van der Waals surface area contributed by atoms with Gasteiger partial charge in [-0.1, -0.05) is 0 Å². The van der Waals surface area contributed by atoms with Gasteiger partial charge in [-0.15, -0.1) is 0 Å². The van der Waals surface area contributed by atoms with Crippen molar-refractivity contribution in [2.24, 2.45) is 0 Å². The molecule has 110 valence electrons. The van der Waals surface area contributed by atoms with E-state index in [1.165, 1.54) is 38.5 Å². The zero-order valence-corrected chi connectivity index (χ0v) is 11.7. The maximum absolute atomic E-state index is 12.6. The van der Waals surface area contributed by atoms with Crippen molar-refractivity contribution in [3.63, 3.8) is 0 Å². The van der Waals surface area contributed by atoms with Crippen molar-refractivity contribution < 1.29 is 19.4 Å². The first-order valence-corrected chi connectivity index (χ1v) is 6.12. The second-order valence-corrected chi connectivity index (χ2v) is 4.44. The van der Waals surface area contributed by atoms with Crippen LogP contribution in [0.15, 0.2) is 30.3 Å². The van der Waals surface area contributed by atoms with E-state index < -0.39 is 5.78 Å². The average Bonchev–Trinajstić information content (AvgIpc) is 2.44. The zero-order valence-electron chi connectivity index (χ0n) is 11.7. The number of aromatic hydroxyl groups is 1. The van der Waals surface area contributed by atoms with E-state index in [1.54, 1.807) is 6.07 Å². The maximum Gasteiger partial charge on any atom is 0.200 e. The lowest BCUT2D eigenvalue weighted by molar-refractivity contribution is 0.103. The van der Waals surface area contributed by atoms with Crippen LogP contribution in [0.1, 0.15) is 15.9 Å². The van der Waals surface area contributed by atoms with Gasteiger partial charge in [0.25, 0.3) is 0 Å². The normalized spacial score (nSPS) is 10.2. The molecule has 0 aliphatic heterocycles. The summed E-state index contributed by atoms with van der Waals surface area (Å²) in [5.74, 6) is -0.0889. The molecule has 0 radical (unpaired) electrons. The van der Waals surface area contributed by atoms with Crippen LogP contribution < -0.4 is 20.9 Å². The second kappa shape index (κ2) is 5.62. The minimum absolute atomic E-state index is 0.0308. The molecule has 2 aromatic rings. The van der Waals surface area contributed by atoms with Gasteiger partial charge in [0.05, 0.1) is 14.2 Å². The Morgan fingerprint density at radius 2 is 1.62 bits per heavy atom. The number of methoxy groups -OCH3 is 2. The largest absolute Gasteiger partial charge is 0.507 e. The molecule has 0 spiro atoms. The molecule has 0 unspecified atom stereocenters. The van der Waals surface area contributed by atoms with Crippen molar-refractivity contribution in [3.8, 4) is 17.2 Å². The van der Waals surface area contributed by atoms with E-state index in [1.807, 2.05) is 0 Å². The van der Waals surface area contributed by atoms with Crippen molar-refractivity contribution in [2.75, 3.05) is 25.7 Å². The number of ketones is 1. The Morgan fingerprint density at radius 3 is 2.14 bits per heavy atom. The standard InChI is InChI=1S/C15H16N2O4/c1-20-11-6-12(18)14(13(7-11)21-2)15(19)8-3-9(16)5-10(17)4-8/h3-7,18H,16-17H2,1-2H3. The SMILES string of the molecule is COc1cc(O)c(C(=O)c2cc(N)cc(N)c2)c(OC)c1. The van der Waals surface area contributed by atoms with Crippen LogP contribution in [0.25, 0.3) is 0 Å². The fourth-order valence-electron chi connectivity index (χ4n) is 2.04. The van der Waals surface area contributed by atoms with Gasteiger partial charge in [-0.25, -0.2) is 0 Å². The first-order valence-electron chi connectivity index (χ1n) is 6.12. The van der Waals surface area contributed by atoms with Crippen LogP contribution in [-0.2, 0) is 0 Å². The van der Waals surface area contributed by atoms with Gasteiger partial charge in [-0.3, -0.25) is 4.79 Å². The lowest BCUT2D eigenvalue weighted by Gasteiger charge is -2.12. The monoisotopic (exact) mass is 288 g/mol. The summed E-state index contributed by atoms with van der Waals surface area (Å²) in [7, 11) is 2.85. The molecular formula is C15H16N2O4. The third-order valence-electron chi connectivity index (χ3n) is 2.98. The van der Waals surface area contributed by atoms with Gasteiger partial charge in [-0.2, -0.15) is 0 Å². The van der Waals surface area contributed by atoms with Crippen LogP contribution in [-0.4, -0.2) is 25.1 Å². The predicted octanol–water partition coefficient (Wildman–Crippen LogP) is 1.80. The highest BCUT2D eigenvalue weighted by molar-refractivity contribution is 6.13. The molecule has 0 saturated heterocycles. The Bertz CT molecular complexity index is 678. The number of hydrogen-bond donors (Lipinski definition) is 3. The Hall–Kier alpha value is -2.89. The second-order valence-electron chi connectivity index (χ2n) is 4.44. The maximum atomic E-state index is 12.6. The number of rotatable bonds is 4. The molecule has 0 aromatic heterocycles. The van der Waals surface area contributed by atoms with Crippen molar-refractivity contribution in [1.82, 2.24) is 0 Å². The number of anilines is 2. The van der Waals surface area contributed by atoms with Crippen LogP contribution in [0, 0.1) is 0 Å². The molecule has 0 atom stereocenters. The fraction of sp³-hybridized carbons (Fsp3) is 0.133. The number of benzene rings is 2. The van der Waals surface area contributed by atoms with E-state index in [0.29, 0.717) is 17.1 Å². The Kier molecular flexibility index (Phi) is 3.89. The molecule has 5 N–H and O–H groups in total. The summed E-state index contributed by atoms with van der Waals surface area (Å²) >= 11 is 0. The molecular weight excluding hydrogens is 272 g/mol. The first-order chi connectivity index (χ1) is 9.96. The molecule has 2 rings (SSSR count). The molecule has 0 saturated carbocycles. The van der Waals surface area contributed by atoms with Gasteiger partial charge >= 0.3 is 0 Å². The first kappa shape index (κ1) is 14.5. The highest BCUT2D eigenvalue weighted by atomic mass is 16.5. The highest BCUT2D eigenvalue weighted by Gasteiger charge is 2.21. The average molecular weight is 288 g/mol. The van der Waals surface area contributed by atoms with E-state index in [4.69, 9.17) is 20.9 Å². The zero-order chi connectivity index (χ0) is 15.6. The quantitative estimate of drug-likeness (QED) is 0.585. The topological polar surface area (TPSA) is 108 Å². The van der Waals surface area contributed by atoms with Crippen LogP contribution in [0.4, 0.5) is 11.4 Å². The van der Waals surface area contributed by atoms with Crippen LogP contribution in [0.3, 0.4) is 0 Å². The molecule has 0 aliphatic rings. The predicted molar refractivity (Wildman–Crippen MR) is 79.9 cm³/mol. The van der Waals surface area contributed by atoms with E-state index in [9.17, 15) is 9.90 Å². The molecule has 6 heteroatoms. The molecule has 0 heterocycles. The minimum atomic E-state index is -0.439. The Balaban J connectivity index is 2.57. The summed E-state index contributed by atoms with van der Waals surface area (Å²) in [4.78, 5) is 12.6. The van der Waals surface area contributed by atoms with Crippen molar-refractivity contribution >= 4 is 17.2 Å². The van der Waals surface area contributed by atoms with Crippen molar-refractivity contribution in [2.45, 2.75) is 0 Å². The van der Waals surface area contributed by atoms with Gasteiger partial charge in [0.15, 0.2) is 0 Å². The van der Waals surface area contributed by atoms with Gasteiger partial charge in [-0.05, 0) is 18.2 Å². The van der Waals surface area contributed by atoms with Crippen LogP contribution in [0.5, 0.6) is 17.2 Å². The van der Waals surface area contributed by atoms with E-state index >= 15 is 0 Å². The van der Waals surface area contributed by atoms with Crippen LogP contribution in [0.2, 0.25) is 0 Å². The van der Waals surface area contributed by atoms with E-state index in [0.717, 1.165) is 0 Å². The lowest BCUT2D eigenvalue weighted by atomic mass is 10.00. The molecule has 0 aliphatic carbocycles. The Morgan fingerprint density at radius 1 is 1.00 bits per heavy atom. The third-order valence-corrected chi connectivity index (χ3v) is 2.98. The number of ether oxygens (including phenoxy) is 2. The summed E-state index contributed by atoms with van der Waals surface area (Å²) in [6.45, 7) is 0. The minimum Gasteiger partial charge on any atom is -0.507 e. The molecule has 0 fully saturated rings. The van der Waals surface area contributed by atoms with Gasteiger partial charge in [0.1, 0.15) is 22.8 Å². The smallest absolute Gasteiger partial charge is 0.200 e. The Labute approximate surface area is 121 Å². The van der Waals surface area contributed by atoms with Gasteiger partial charge in [0, 0.05) is 29.1 Å². The molecule has 21 heavy (non-hydrogen) atoms. The van der Waals surface area contributed by atoms with E-state index in [-0.39, 0.29) is 22.6 Å². The lowest BCUT2D eigenvalue weighted by Crippen LogP contribution is -2.06. The number of nitrogens with two attached hydrogens (primary N) is 2. The van der Waals surface area contributed by atoms with Crippen molar-refractivity contribution in [3.05, 3.63) is 41.5 Å². The number of hydrogen-bond acceptors (Lipinski definition) is 6. The number of carbonyl (C=O) groups excluding carboxylic acids is 1. The van der Waals surface area contributed by atoms with E-state index in [2.05, 4.69) is 0 Å². The molecule has 6 nitrogen and oxygen atoms in total. The van der Waals surface area contributed by atoms with Gasteiger partial charge in [0.2, 0.25) is 5.78 Å². The summed E-state index contributed by atoms with van der Waals surface area (Å²) in [5, 5.41) is 10.1. The summed E-state index contributed by atoms with van der Waals surface area (Å²) < 4.78 is 10.2. The van der Waals surface area contributed by atoms with Gasteiger partial charge < -0.3 is 26.0 Å². The summed E-state index contributed by atoms with van der Waals surface area (Å²) in [6.07, 6.45) is 0. The van der Waals surface area contributed by atoms with Crippen LogP contribution >= 0.6 is 0 Å². The number of nitrogen functional groups attached to an aromatic ring is 2. The number of phenols is 1. The van der Waals surface area contributed by atoms with Crippen molar-refractivity contribution in [1.29, 1.82) is 0 Å². The highest BCUT2D eigenvalue weighted by Crippen LogP contribution is 2.35. The fourth-order valence-corrected chi connectivity index (χ4v) is 2.04. The molecule has 0 amide bonds. The molecule has 2 aromatic carbocycles. The third kappa shape index (κ3) is 2.84. The number of carbonyl (C=O) groups is 1.